The van der Waals surface area contributed by atoms with Crippen molar-refractivity contribution in [1.29, 1.82) is 0 Å². The summed E-state index contributed by atoms with van der Waals surface area (Å²) in [4.78, 5) is 22.8. The Morgan fingerprint density at radius 1 is 1.06 bits per heavy atom. The van der Waals surface area contributed by atoms with Crippen LogP contribution in [0, 0.1) is 5.82 Å². The second-order valence-corrected chi connectivity index (χ2v) is 8.76. The Kier molecular flexibility index (Phi) is 5.13. The Labute approximate surface area is 184 Å². The topological polar surface area (TPSA) is 73.8 Å². The smallest absolute Gasteiger partial charge is 0.271 e. The number of thiophene rings is 1. The van der Waals surface area contributed by atoms with Crippen LogP contribution in [0.25, 0.3) is 32.0 Å². The summed E-state index contributed by atoms with van der Waals surface area (Å²) in [7, 11) is 1.70. The number of hydrogen-bond acceptors (Lipinski definition) is 7. The molecule has 6 nitrogen and oxygen atoms in total. The highest BCUT2D eigenvalue weighted by molar-refractivity contribution is 7.98. The molecule has 0 saturated carbocycles. The maximum Gasteiger partial charge on any atom is 0.271 e. The maximum absolute atomic E-state index is 13.4. The van der Waals surface area contributed by atoms with E-state index in [0.717, 1.165) is 10.4 Å². The van der Waals surface area contributed by atoms with E-state index in [2.05, 4.69) is 15.1 Å². The van der Waals surface area contributed by atoms with Gasteiger partial charge < -0.3 is 4.52 Å². The molecular weight excluding hydrogens is 435 g/mol. The molecule has 5 aromatic rings. The van der Waals surface area contributed by atoms with Crippen molar-refractivity contribution in [3.8, 4) is 21.8 Å². The predicted octanol–water partition coefficient (Wildman–Crippen LogP) is 5.14. The molecule has 5 rings (SSSR count). The van der Waals surface area contributed by atoms with Crippen LogP contribution in [0.2, 0.25) is 0 Å². The van der Waals surface area contributed by atoms with Crippen LogP contribution < -0.4 is 5.56 Å². The van der Waals surface area contributed by atoms with Crippen LogP contribution in [-0.2, 0) is 12.8 Å². The molecule has 0 unspecified atom stereocenters. The molecule has 0 saturated heterocycles. The van der Waals surface area contributed by atoms with Gasteiger partial charge in [-0.05, 0) is 23.8 Å². The van der Waals surface area contributed by atoms with E-state index >= 15 is 0 Å². The number of rotatable bonds is 5. The van der Waals surface area contributed by atoms with Gasteiger partial charge in [-0.15, -0.1) is 11.3 Å². The Balaban J connectivity index is 1.41. The van der Waals surface area contributed by atoms with Gasteiger partial charge in [0.15, 0.2) is 5.16 Å². The van der Waals surface area contributed by atoms with Crippen molar-refractivity contribution < 1.29 is 8.91 Å². The van der Waals surface area contributed by atoms with Crippen LogP contribution in [0.15, 0.2) is 75.1 Å². The summed E-state index contributed by atoms with van der Waals surface area (Å²) in [6.07, 6.45) is 0. The first-order valence-electron chi connectivity index (χ1n) is 9.36. The van der Waals surface area contributed by atoms with E-state index in [0.29, 0.717) is 38.4 Å². The molecule has 9 heteroatoms. The minimum Gasteiger partial charge on any atom is -0.338 e. The van der Waals surface area contributed by atoms with Crippen molar-refractivity contribution in [2.45, 2.75) is 10.9 Å². The molecule has 0 aliphatic rings. The summed E-state index contributed by atoms with van der Waals surface area (Å²) in [5.74, 6) is 0.659. The first-order valence-corrected chi connectivity index (χ1v) is 11.2. The molecule has 0 atom stereocenters. The van der Waals surface area contributed by atoms with Crippen molar-refractivity contribution in [3.63, 3.8) is 0 Å². The van der Waals surface area contributed by atoms with E-state index in [9.17, 15) is 9.18 Å². The normalized spacial score (nSPS) is 11.3. The van der Waals surface area contributed by atoms with Gasteiger partial charge in [0.2, 0.25) is 11.7 Å². The van der Waals surface area contributed by atoms with E-state index in [-0.39, 0.29) is 11.4 Å². The average molecular weight is 451 g/mol. The number of benzene rings is 2. The largest absolute Gasteiger partial charge is 0.338 e. The fourth-order valence-corrected chi connectivity index (χ4v) is 4.98. The first kappa shape index (κ1) is 19.7. The third kappa shape index (κ3) is 3.89. The number of aromatic nitrogens is 4. The lowest BCUT2D eigenvalue weighted by molar-refractivity contribution is 0.391. The molecular formula is C22H15FN4O2S2. The standard InChI is InChI=1S/C22H15FN4O2S2/c1-27-21(28)19-16(11-17(31-19)13-6-3-2-4-7-13)24-22(27)30-12-18-25-20(26-29-18)14-8-5-9-15(23)10-14/h2-11H,12H2,1H3. The Hall–Kier alpha value is -3.30. The molecule has 154 valence electrons. The quantitative estimate of drug-likeness (QED) is 0.273. The highest BCUT2D eigenvalue weighted by Gasteiger charge is 2.15. The van der Waals surface area contributed by atoms with Gasteiger partial charge in [0.25, 0.3) is 5.56 Å². The van der Waals surface area contributed by atoms with E-state index in [1.54, 1.807) is 19.2 Å². The van der Waals surface area contributed by atoms with Crippen LogP contribution in [0.1, 0.15) is 5.89 Å². The number of fused-ring (bicyclic) bond motifs is 1. The fraction of sp³-hybridized carbons (Fsp3) is 0.0909. The maximum atomic E-state index is 13.4. The van der Waals surface area contributed by atoms with Gasteiger partial charge in [-0.1, -0.05) is 59.4 Å². The second kappa shape index (κ2) is 8.09. The molecule has 0 amide bonds. The third-order valence-electron chi connectivity index (χ3n) is 4.65. The lowest BCUT2D eigenvalue weighted by Crippen LogP contribution is -2.18. The Morgan fingerprint density at radius 2 is 1.87 bits per heavy atom. The summed E-state index contributed by atoms with van der Waals surface area (Å²) in [5.41, 5.74) is 2.17. The van der Waals surface area contributed by atoms with E-state index in [1.165, 1.54) is 39.8 Å². The van der Waals surface area contributed by atoms with Gasteiger partial charge in [-0.2, -0.15) is 4.98 Å². The summed E-state index contributed by atoms with van der Waals surface area (Å²) in [6.45, 7) is 0. The van der Waals surface area contributed by atoms with Gasteiger partial charge in [-0.25, -0.2) is 9.37 Å². The van der Waals surface area contributed by atoms with Gasteiger partial charge in [0.1, 0.15) is 10.5 Å². The zero-order chi connectivity index (χ0) is 21.4. The van der Waals surface area contributed by atoms with Crippen LogP contribution in [0.5, 0.6) is 0 Å². The Bertz CT molecular complexity index is 1440. The van der Waals surface area contributed by atoms with Crippen molar-refractivity contribution in [2.24, 2.45) is 7.05 Å². The van der Waals surface area contributed by atoms with E-state index in [4.69, 9.17) is 4.52 Å². The molecule has 0 radical (unpaired) electrons. The van der Waals surface area contributed by atoms with Crippen LogP contribution in [0.3, 0.4) is 0 Å². The molecule has 0 fully saturated rings. The van der Waals surface area contributed by atoms with Gasteiger partial charge in [0.05, 0.1) is 11.3 Å². The molecule has 0 bridgehead atoms. The third-order valence-corrected chi connectivity index (χ3v) is 6.82. The molecule has 3 heterocycles. The fourth-order valence-electron chi connectivity index (χ4n) is 3.09. The highest BCUT2D eigenvalue weighted by atomic mass is 32.2. The van der Waals surface area contributed by atoms with Crippen molar-refractivity contribution in [1.82, 2.24) is 19.7 Å². The molecule has 0 spiro atoms. The lowest BCUT2D eigenvalue weighted by atomic mass is 10.2. The molecule has 2 aromatic carbocycles. The zero-order valence-electron chi connectivity index (χ0n) is 16.3. The zero-order valence-corrected chi connectivity index (χ0v) is 17.9. The Morgan fingerprint density at radius 3 is 2.68 bits per heavy atom. The molecule has 0 aliphatic carbocycles. The van der Waals surface area contributed by atoms with Crippen molar-refractivity contribution in [2.75, 3.05) is 0 Å². The first-order chi connectivity index (χ1) is 15.1. The van der Waals surface area contributed by atoms with Crippen LogP contribution in [-0.4, -0.2) is 19.7 Å². The van der Waals surface area contributed by atoms with Gasteiger partial charge in [-0.3, -0.25) is 9.36 Å². The number of nitrogens with zero attached hydrogens (tertiary/aromatic N) is 4. The SMILES string of the molecule is Cn1c(SCc2nc(-c3cccc(F)c3)no2)nc2cc(-c3ccccc3)sc2c1=O. The monoisotopic (exact) mass is 450 g/mol. The van der Waals surface area contributed by atoms with Crippen LogP contribution >= 0.6 is 23.1 Å². The molecule has 31 heavy (non-hydrogen) atoms. The second-order valence-electron chi connectivity index (χ2n) is 6.76. The van der Waals surface area contributed by atoms with Crippen molar-refractivity contribution >= 4 is 33.3 Å². The van der Waals surface area contributed by atoms with E-state index in [1.807, 2.05) is 36.4 Å². The summed E-state index contributed by atoms with van der Waals surface area (Å²) >= 11 is 2.77. The van der Waals surface area contributed by atoms with Gasteiger partial charge >= 0.3 is 0 Å². The number of thioether (sulfide) groups is 1. The highest BCUT2D eigenvalue weighted by Crippen LogP contribution is 2.32. The average Bonchev–Trinajstić information content (AvgIpc) is 3.43. The molecule has 0 N–H and O–H groups in total. The molecule has 3 aromatic heterocycles. The minimum atomic E-state index is -0.364. The number of hydrogen-bond donors (Lipinski definition) is 0. The number of halogens is 1. The lowest BCUT2D eigenvalue weighted by Gasteiger charge is -2.05. The van der Waals surface area contributed by atoms with Gasteiger partial charge in [0, 0.05) is 17.5 Å². The van der Waals surface area contributed by atoms with Crippen LogP contribution in [0.4, 0.5) is 4.39 Å². The van der Waals surface area contributed by atoms with E-state index < -0.39 is 0 Å². The van der Waals surface area contributed by atoms with Crippen molar-refractivity contribution in [3.05, 3.63) is 82.7 Å². The minimum absolute atomic E-state index is 0.0920. The summed E-state index contributed by atoms with van der Waals surface area (Å²) in [6, 6.07) is 17.9. The summed E-state index contributed by atoms with van der Waals surface area (Å²) < 4.78 is 20.9. The molecule has 0 aliphatic heterocycles. The summed E-state index contributed by atoms with van der Waals surface area (Å²) in [5, 5.41) is 4.47. The predicted molar refractivity (Wildman–Crippen MR) is 120 cm³/mol.